The monoisotopic (exact) mass is 298 g/mol. The Balaban J connectivity index is 2.10. The minimum absolute atomic E-state index is 0.221. The van der Waals surface area contributed by atoms with Crippen molar-refractivity contribution in [2.75, 3.05) is 0 Å². The lowest BCUT2D eigenvalue weighted by molar-refractivity contribution is 0.456. The number of hydrogen-bond donors (Lipinski definition) is 1. The highest BCUT2D eigenvalue weighted by Crippen LogP contribution is 2.23. The highest BCUT2D eigenvalue weighted by molar-refractivity contribution is 6.30. The Kier molecular flexibility index (Phi) is 5.38. The van der Waals surface area contributed by atoms with Gasteiger partial charge in [-0.1, -0.05) is 42.8 Å². The van der Waals surface area contributed by atoms with Crippen molar-refractivity contribution in [2.24, 2.45) is 0 Å². The van der Waals surface area contributed by atoms with E-state index in [4.69, 9.17) is 16.9 Å². The minimum Gasteiger partial charge on any atom is -0.303 e. The van der Waals surface area contributed by atoms with Crippen molar-refractivity contribution in [1.82, 2.24) is 5.32 Å². The van der Waals surface area contributed by atoms with E-state index in [1.807, 2.05) is 36.4 Å². The van der Waals surface area contributed by atoms with Crippen LogP contribution in [0, 0.1) is 11.3 Å². The molecule has 0 radical (unpaired) electrons. The number of rotatable bonds is 5. The van der Waals surface area contributed by atoms with Gasteiger partial charge in [0.05, 0.1) is 11.6 Å². The van der Waals surface area contributed by atoms with Gasteiger partial charge in [0, 0.05) is 17.1 Å². The first-order valence-electron chi connectivity index (χ1n) is 7.15. The molecule has 0 aliphatic rings. The molecule has 0 aliphatic heterocycles. The number of halogens is 1. The molecule has 0 fully saturated rings. The Labute approximate surface area is 131 Å². The lowest BCUT2D eigenvalue weighted by Gasteiger charge is -2.23. The molecule has 2 rings (SSSR count). The number of nitrogens with one attached hydrogen (secondary N) is 1. The SMILES string of the molecule is CCC(NC(C)c1ccc(C#N)cc1)c1ccc(Cl)cc1. The van der Waals surface area contributed by atoms with Gasteiger partial charge < -0.3 is 5.32 Å². The van der Waals surface area contributed by atoms with Gasteiger partial charge in [-0.15, -0.1) is 0 Å². The van der Waals surface area contributed by atoms with E-state index < -0.39 is 0 Å². The molecule has 108 valence electrons. The summed E-state index contributed by atoms with van der Waals surface area (Å²) in [6, 6.07) is 18.4. The maximum absolute atomic E-state index is 8.85. The zero-order valence-electron chi connectivity index (χ0n) is 12.3. The second-order valence-corrected chi connectivity index (χ2v) is 5.57. The zero-order chi connectivity index (χ0) is 15.2. The van der Waals surface area contributed by atoms with Gasteiger partial charge in [0.1, 0.15) is 0 Å². The van der Waals surface area contributed by atoms with Crippen LogP contribution in [0.3, 0.4) is 0 Å². The maximum Gasteiger partial charge on any atom is 0.0991 e. The van der Waals surface area contributed by atoms with Crippen molar-refractivity contribution in [2.45, 2.75) is 32.4 Å². The smallest absolute Gasteiger partial charge is 0.0991 e. The van der Waals surface area contributed by atoms with Crippen molar-refractivity contribution in [1.29, 1.82) is 5.26 Å². The number of nitrogens with zero attached hydrogens (tertiary/aromatic N) is 1. The van der Waals surface area contributed by atoms with E-state index in [0.717, 1.165) is 11.4 Å². The van der Waals surface area contributed by atoms with Crippen molar-refractivity contribution in [3.8, 4) is 6.07 Å². The molecule has 0 amide bonds. The topological polar surface area (TPSA) is 35.8 Å². The summed E-state index contributed by atoms with van der Waals surface area (Å²) >= 11 is 5.94. The van der Waals surface area contributed by atoms with Crippen LogP contribution in [-0.4, -0.2) is 0 Å². The van der Waals surface area contributed by atoms with Gasteiger partial charge in [-0.2, -0.15) is 5.26 Å². The fourth-order valence-corrected chi connectivity index (χ4v) is 2.52. The molecule has 0 heterocycles. The molecule has 0 aromatic heterocycles. The molecular formula is C18H19ClN2. The van der Waals surface area contributed by atoms with Crippen LogP contribution in [0.25, 0.3) is 0 Å². The number of nitriles is 1. The van der Waals surface area contributed by atoms with Crippen LogP contribution in [0.1, 0.15) is 49.0 Å². The largest absolute Gasteiger partial charge is 0.303 e. The van der Waals surface area contributed by atoms with Crippen molar-refractivity contribution < 1.29 is 0 Å². The van der Waals surface area contributed by atoms with Gasteiger partial charge >= 0.3 is 0 Å². The van der Waals surface area contributed by atoms with E-state index in [1.54, 1.807) is 0 Å². The summed E-state index contributed by atoms with van der Waals surface area (Å²) in [5.41, 5.74) is 3.11. The third-order valence-corrected chi connectivity index (χ3v) is 3.92. The van der Waals surface area contributed by atoms with Gasteiger partial charge in [-0.25, -0.2) is 0 Å². The molecule has 1 N–H and O–H groups in total. The molecule has 3 heteroatoms. The molecule has 0 aliphatic carbocycles. The Morgan fingerprint density at radius 3 is 2.14 bits per heavy atom. The molecule has 2 aromatic carbocycles. The predicted molar refractivity (Wildman–Crippen MR) is 87.2 cm³/mol. The van der Waals surface area contributed by atoms with Gasteiger partial charge in [-0.05, 0) is 48.7 Å². The lowest BCUT2D eigenvalue weighted by atomic mass is 10.0. The van der Waals surface area contributed by atoms with Crippen LogP contribution in [0.2, 0.25) is 5.02 Å². The average molecular weight is 299 g/mol. The van der Waals surface area contributed by atoms with Crippen LogP contribution in [0.4, 0.5) is 0 Å². The Morgan fingerprint density at radius 2 is 1.62 bits per heavy atom. The van der Waals surface area contributed by atoms with Gasteiger partial charge in [0.15, 0.2) is 0 Å². The Morgan fingerprint density at radius 1 is 1.05 bits per heavy atom. The van der Waals surface area contributed by atoms with E-state index in [1.165, 1.54) is 11.1 Å². The summed E-state index contributed by atoms with van der Waals surface area (Å²) in [5, 5.41) is 13.2. The first-order valence-corrected chi connectivity index (χ1v) is 7.53. The van der Waals surface area contributed by atoms with Crippen LogP contribution in [0.15, 0.2) is 48.5 Å². The van der Waals surface area contributed by atoms with E-state index in [0.29, 0.717) is 5.56 Å². The molecule has 2 atom stereocenters. The summed E-state index contributed by atoms with van der Waals surface area (Å²) in [6.07, 6.45) is 1.00. The third-order valence-electron chi connectivity index (χ3n) is 3.67. The molecule has 0 bridgehead atoms. The summed E-state index contributed by atoms with van der Waals surface area (Å²) < 4.78 is 0. The molecule has 0 saturated heterocycles. The molecule has 2 nitrogen and oxygen atoms in total. The van der Waals surface area contributed by atoms with E-state index in [9.17, 15) is 0 Å². The van der Waals surface area contributed by atoms with Crippen molar-refractivity contribution >= 4 is 11.6 Å². The highest BCUT2D eigenvalue weighted by atomic mass is 35.5. The molecular weight excluding hydrogens is 280 g/mol. The molecule has 21 heavy (non-hydrogen) atoms. The third kappa shape index (κ3) is 4.07. The summed E-state index contributed by atoms with van der Waals surface area (Å²) in [5.74, 6) is 0. The lowest BCUT2D eigenvalue weighted by Crippen LogP contribution is -2.24. The molecule has 2 aromatic rings. The minimum atomic E-state index is 0.221. The standard InChI is InChI=1S/C18H19ClN2/c1-3-18(16-8-10-17(19)11-9-16)21-13(2)15-6-4-14(12-20)5-7-15/h4-11,13,18,21H,3H2,1-2H3. The van der Waals surface area contributed by atoms with Crippen LogP contribution in [-0.2, 0) is 0 Å². The van der Waals surface area contributed by atoms with Gasteiger partial charge in [0.25, 0.3) is 0 Å². The van der Waals surface area contributed by atoms with Crippen molar-refractivity contribution in [3.05, 3.63) is 70.2 Å². The normalized spacial score (nSPS) is 13.4. The first kappa shape index (κ1) is 15.6. The molecule has 0 saturated carbocycles. The van der Waals surface area contributed by atoms with Crippen LogP contribution >= 0.6 is 11.6 Å². The fourth-order valence-electron chi connectivity index (χ4n) is 2.39. The summed E-state index contributed by atoms with van der Waals surface area (Å²) in [6.45, 7) is 4.30. The highest BCUT2D eigenvalue weighted by Gasteiger charge is 2.13. The fraction of sp³-hybridized carbons (Fsp3) is 0.278. The number of benzene rings is 2. The predicted octanol–water partition coefficient (Wildman–Crippen LogP) is 5.01. The second kappa shape index (κ2) is 7.26. The zero-order valence-corrected chi connectivity index (χ0v) is 13.1. The van der Waals surface area contributed by atoms with E-state index >= 15 is 0 Å². The Hall–Kier alpha value is -1.82. The molecule has 0 spiro atoms. The first-order chi connectivity index (χ1) is 10.1. The van der Waals surface area contributed by atoms with Gasteiger partial charge in [-0.3, -0.25) is 0 Å². The van der Waals surface area contributed by atoms with E-state index in [2.05, 4.69) is 37.4 Å². The van der Waals surface area contributed by atoms with Crippen LogP contribution in [0.5, 0.6) is 0 Å². The summed E-state index contributed by atoms with van der Waals surface area (Å²) in [4.78, 5) is 0. The molecule has 2 unspecified atom stereocenters. The second-order valence-electron chi connectivity index (χ2n) is 5.13. The van der Waals surface area contributed by atoms with Gasteiger partial charge in [0.2, 0.25) is 0 Å². The number of hydrogen-bond acceptors (Lipinski definition) is 2. The quantitative estimate of drug-likeness (QED) is 0.842. The van der Waals surface area contributed by atoms with Crippen LogP contribution < -0.4 is 5.32 Å². The average Bonchev–Trinajstić information content (AvgIpc) is 2.53. The van der Waals surface area contributed by atoms with E-state index in [-0.39, 0.29) is 12.1 Å². The van der Waals surface area contributed by atoms with Crippen molar-refractivity contribution in [3.63, 3.8) is 0 Å². The maximum atomic E-state index is 8.85. The summed E-state index contributed by atoms with van der Waals surface area (Å²) in [7, 11) is 0. The Bertz CT molecular complexity index is 611.